The molecule has 1 saturated heterocycles. The van der Waals surface area contributed by atoms with E-state index < -0.39 is 0 Å². The Kier molecular flexibility index (Phi) is 5.46. The van der Waals surface area contributed by atoms with E-state index in [0.29, 0.717) is 26.4 Å². The van der Waals surface area contributed by atoms with E-state index in [2.05, 4.69) is 5.32 Å². The van der Waals surface area contributed by atoms with Gasteiger partial charge in [0.05, 0.1) is 38.2 Å². The molecule has 0 aromatic heterocycles. The highest BCUT2D eigenvalue weighted by Crippen LogP contribution is 2.27. The molecule has 0 aliphatic carbocycles. The molecule has 0 unspecified atom stereocenters. The number of urea groups is 1. The zero-order valence-corrected chi connectivity index (χ0v) is 13.8. The smallest absolute Gasteiger partial charge is 0.321 e. The normalized spacial score (nSPS) is 17.3. The van der Waals surface area contributed by atoms with Gasteiger partial charge in [0.2, 0.25) is 0 Å². The van der Waals surface area contributed by atoms with Crippen molar-refractivity contribution in [2.75, 3.05) is 38.7 Å². The number of nitrogens with zero attached hydrogens (tertiary/aromatic N) is 1. The van der Waals surface area contributed by atoms with Gasteiger partial charge in [-0.25, -0.2) is 4.79 Å². The Hall–Kier alpha value is -2.37. The first-order valence-electron chi connectivity index (χ1n) is 8.10. The van der Waals surface area contributed by atoms with Crippen LogP contribution < -0.4 is 5.32 Å². The van der Waals surface area contributed by atoms with Crippen molar-refractivity contribution in [1.29, 1.82) is 0 Å². The topological polar surface area (TPSA) is 50.8 Å². The average molecular weight is 326 g/mol. The lowest BCUT2D eigenvalue weighted by atomic mass is 10.0. The average Bonchev–Trinajstić information content (AvgIpc) is 2.63. The number of likely N-dealkylation sites (N-methyl/N-ethyl adjacent to an activating group) is 1. The Morgan fingerprint density at radius 1 is 1.12 bits per heavy atom. The van der Waals surface area contributed by atoms with Gasteiger partial charge in [0.15, 0.2) is 0 Å². The fourth-order valence-electron chi connectivity index (χ4n) is 2.70. The maximum absolute atomic E-state index is 12.5. The lowest BCUT2D eigenvalue weighted by Gasteiger charge is -2.27. The van der Waals surface area contributed by atoms with Gasteiger partial charge >= 0.3 is 6.03 Å². The first-order valence-corrected chi connectivity index (χ1v) is 8.10. The second-order valence-electron chi connectivity index (χ2n) is 5.79. The highest BCUT2D eigenvalue weighted by atomic mass is 16.6. The second-order valence-corrected chi connectivity index (χ2v) is 5.79. The summed E-state index contributed by atoms with van der Waals surface area (Å²) in [5.74, 6) is 0. The van der Waals surface area contributed by atoms with Crippen molar-refractivity contribution < 1.29 is 14.3 Å². The molecule has 0 saturated carbocycles. The molecule has 3 rings (SSSR count). The van der Waals surface area contributed by atoms with Crippen LogP contribution in [0.2, 0.25) is 0 Å². The van der Waals surface area contributed by atoms with Crippen LogP contribution in [-0.2, 0) is 9.47 Å². The third kappa shape index (κ3) is 4.13. The Morgan fingerprint density at radius 2 is 1.88 bits per heavy atom. The fraction of sp³-hybridized carbons (Fsp3) is 0.316. The van der Waals surface area contributed by atoms with Crippen molar-refractivity contribution >= 4 is 11.7 Å². The molecule has 1 heterocycles. The van der Waals surface area contributed by atoms with Crippen LogP contribution in [-0.4, -0.2) is 50.4 Å². The predicted molar refractivity (Wildman–Crippen MR) is 94.1 cm³/mol. The summed E-state index contributed by atoms with van der Waals surface area (Å²) in [7, 11) is 1.76. The van der Waals surface area contributed by atoms with E-state index in [4.69, 9.17) is 9.47 Å². The lowest BCUT2D eigenvalue weighted by molar-refractivity contribution is -0.0925. The number of anilines is 1. The summed E-state index contributed by atoms with van der Waals surface area (Å²) in [5, 5.41) is 2.99. The molecule has 2 aromatic rings. The summed E-state index contributed by atoms with van der Waals surface area (Å²) >= 11 is 0. The number of ether oxygens (including phenoxy) is 2. The van der Waals surface area contributed by atoms with Crippen molar-refractivity contribution in [3.05, 3.63) is 54.6 Å². The van der Waals surface area contributed by atoms with E-state index in [9.17, 15) is 4.79 Å². The number of carbonyl (C=O) groups excluding carboxylic acids is 1. The number of nitrogens with one attached hydrogen (secondary N) is 1. The lowest BCUT2D eigenvalue weighted by Crippen LogP contribution is -2.42. The molecule has 0 spiro atoms. The highest BCUT2D eigenvalue weighted by Gasteiger charge is 2.19. The summed E-state index contributed by atoms with van der Waals surface area (Å²) in [4.78, 5) is 14.1. The minimum atomic E-state index is -0.160. The van der Waals surface area contributed by atoms with Crippen LogP contribution in [0, 0.1) is 0 Å². The van der Waals surface area contributed by atoms with Gasteiger partial charge in [0.1, 0.15) is 0 Å². The Bertz CT molecular complexity index is 669. The quantitative estimate of drug-likeness (QED) is 0.938. The van der Waals surface area contributed by atoms with E-state index in [-0.39, 0.29) is 12.1 Å². The summed E-state index contributed by atoms with van der Waals surface area (Å²) in [6.45, 7) is 2.23. The van der Waals surface area contributed by atoms with Gasteiger partial charge in [0, 0.05) is 12.6 Å². The van der Waals surface area contributed by atoms with Crippen molar-refractivity contribution in [1.82, 2.24) is 4.90 Å². The Balaban J connectivity index is 1.68. The van der Waals surface area contributed by atoms with E-state index >= 15 is 0 Å². The zero-order valence-electron chi connectivity index (χ0n) is 13.8. The van der Waals surface area contributed by atoms with Gasteiger partial charge in [-0.3, -0.25) is 0 Å². The van der Waals surface area contributed by atoms with Gasteiger partial charge in [-0.15, -0.1) is 0 Å². The number of hydrogen-bond acceptors (Lipinski definition) is 3. The first-order chi connectivity index (χ1) is 11.7. The van der Waals surface area contributed by atoms with Gasteiger partial charge in [0.25, 0.3) is 0 Å². The number of hydrogen-bond donors (Lipinski definition) is 1. The molecule has 0 radical (unpaired) electrons. The van der Waals surface area contributed by atoms with Crippen LogP contribution in [0.25, 0.3) is 11.1 Å². The Morgan fingerprint density at radius 3 is 2.62 bits per heavy atom. The van der Waals surface area contributed by atoms with Crippen molar-refractivity contribution in [3.8, 4) is 11.1 Å². The Labute approximate surface area is 142 Å². The van der Waals surface area contributed by atoms with Crippen LogP contribution in [0.5, 0.6) is 0 Å². The summed E-state index contributed by atoms with van der Waals surface area (Å²) in [6.07, 6.45) is -0.0705. The molecule has 1 fully saturated rings. The molecule has 1 N–H and O–H groups in total. The summed E-state index contributed by atoms with van der Waals surface area (Å²) in [6, 6.07) is 17.6. The largest absolute Gasteiger partial charge is 0.376 e. The molecule has 2 amide bonds. The van der Waals surface area contributed by atoms with Crippen LogP contribution in [0.1, 0.15) is 0 Å². The molecule has 24 heavy (non-hydrogen) atoms. The van der Waals surface area contributed by atoms with Crippen molar-refractivity contribution in [3.63, 3.8) is 0 Å². The third-order valence-electron chi connectivity index (χ3n) is 3.96. The molecule has 0 bridgehead atoms. The number of benzene rings is 2. The van der Waals surface area contributed by atoms with E-state index in [1.54, 1.807) is 11.9 Å². The molecule has 5 heteroatoms. The van der Waals surface area contributed by atoms with Crippen molar-refractivity contribution in [2.24, 2.45) is 0 Å². The zero-order chi connectivity index (χ0) is 16.8. The minimum Gasteiger partial charge on any atom is -0.376 e. The molecular formula is C19H22N2O3. The number of amides is 2. The summed E-state index contributed by atoms with van der Waals surface area (Å²) < 4.78 is 11.0. The van der Waals surface area contributed by atoms with Gasteiger partial charge in [-0.2, -0.15) is 0 Å². The van der Waals surface area contributed by atoms with Crippen LogP contribution in [0.4, 0.5) is 10.5 Å². The molecule has 5 nitrogen and oxygen atoms in total. The number of carbonyl (C=O) groups is 1. The SMILES string of the molecule is CN(C[C@H]1COCCO1)C(=O)Nc1ccccc1-c1ccccc1. The standard InChI is InChI=1S/C19H22N2O3/c1-21(13-16-14-23-11-12-24-16)19(22)20-18-10-6-5-9-17(18)15-7-3-2-4-8-15/h2-10,16H,11-14H2,1H3,(H,20,22)/t16-/m0/s1. The van der Waals surface area contributed by atoms with Crippen LogP contribution in [0.15, 0.2) is 54.6 Å². The van der Waals surface area contributed by atoms with Gasteiger partial charge in [-0.1, -0.05) is 48.5 Å². The van der Waals surface area contributed by atoms with E-state index in [1.165, 1.54) is 0 Å². The van der Waals surface area contributed by atoms with Gasteiger partial charge < -0.3 is 19.7 Å². The van der Waals surface area contributed by atoms with E-state index in [1.807, 2.05) is 54.6 Å². The molecule has 1 aliphatic rings. The molecule has 126 valence electrons. The second kappa shape index (κ2) is 7.95. The van der Waals surface area contributed by atoms with Crippen LogP contribution in [0.3, 0.4) is 0 Å². The van der Waals surface area contributed by atoms with Crippen molar-refractivity contribution in [2.45, 2.75) is 6.10 Å². The highest BCUT2D eigenvalue weighted by molar-refractivity contribution is 5.94. The third-order valence-corrected chi connectivity index (χ3v) is 3.96. The van der Waals surface area contributed by atoms with Crippen LogP contribution >= 0.6 is 0 Å². The molecule has 2 aromatic carbocycles. The predicted octanol–water partition coefficient (Wildman–Crippen LogP) is 3.23. The number of para-hydroxylation sites is 1. The minimum absolute atomic E-state index is 0.0705. The number of rotatable bonds is 4. The van der Waals surface area contributed by atoms with Gasteiger partial charge in [-0.05, 0) is 11.6 Å². The maximum Gasteiger partial charge on any atom is 0.321 e. The van der Waals surface area contributed by atoms with E-state index in [0.717, 1.165) is 16.8 Å². The molecule has 1 aliphatic heterocycles. The monoisotopic (exact) mass is 326 g/mol. The molecule has 1 atom stereocenters. The fourth-order valence-corrected chi connectivity index (χ4v) is 2.70. The first kappa shape index (κ1) is 16.5. The maximum atomic E-state index is 12.5. The molecular weight excluding hydrogens is 304 g/mol. The summed E-state index contributed by atoms with van der Waals surface area (Å²) in [5.41, 5.74) is 2.86.